The van der Waals surface area contributed by atoms with Gasteiger partial charge in [-0.05, 0) is 68.3 Å². The van der Waals surface area contributed by atoms with Gasteiger partial charge in [-0.25, -0.2) is 0 Å². The average molecular weight is 237 g/mol. The van der Waals surface area contributed by atoms with E-state index in [9.17, 15) is 5.11 Å². The van der Waals surface area contributed by atoms with Gasteiger partial charge in [0.05, 0.1) is 0 Å². The average Bonchev–Trinajstić information content (AvgIpc) is 2.33. The molecule has 1 fully saturated rings. The number of hydrogen-bond acceptors (Lipinski definition) is 3. The number of benzene rings is 1. The molecule has 1 saturated heterocycles. The zero-order valence-corrected chi connectivity index (χ0v) is 10.5. The van der Waals surface area contributed by atoms with Crippen molar-refractivity contribution in [2.75, 3.05) is 19.3 Å². The minimum Gasteiger partial charge on any atom is -0.508 e. The Bertz CT molecular complexity index is 348. The Morgan fingerprint density at radius 1 is 1.38 bits per heavy atom. The van der Waals surface area contributed by atoms with E-state index in [1.165, 1.54) is 17.7 Å². The van der Waals surface area contributed by atoms with Crippen LogP contribution >= 0.6 is 11.8 Å². The van der Waals surface area contributed by atoms with Crippen molar-refractivity contribution in [1.29, 1.82) is 0 Å². The molecule has 0 bridgehead atoms. The van der Waals surface area contributed by atoms with Gasteiger partial charge in [-0.1, -0.05) is 0 Å². The third-order valence-corrected chi connectivity index (χ3v) is 3.98. The van der Waals surface area contributed by atoms with E-state index in [1.807, 2.05) is 12.1 Å². The summed E-state index contributed by atoms with van der Waals surface area (Å²) in [6.07, 6.45) is 5.54. The van der Waals surface area contributed by atoms with Crippen molar-refractivity contribution >= 4 is 11.8 Å². The summed E-state index contributed by atoms with van der Waals surface area (Å²) in [5.41, 5.74) is 1.11. The largest absolute Gasteiger partial charge is 0.508 e. The summed E-state index contributed by atoms with van der Waals surface area (Å²) in [6, 6.07) is 5.93. The van der Waals surface area contributed by atoms with Gasteiger partial charge >= 0.3 is 0 Å². The van der Waals surface area contributed by atoms with Gasteiger partial charge < -0.3 is 10.4 Å². The summed E-state index contributed by atoms with van der Waals surface area (Å²) in [5, 5.41) is 13.2. The van der Waals surface area contributed by atoms with Crippen molar-refractivity contribution in [2.45, 2.75) is 24.2 Å². The Kier molecular flexibility index (Phi) is 4.13. The molecule has 0 aromatic heterocycles. The second kappa shape index (κ2) is 5.60. The minimum atomic E-state index is 0.455. The molecule has 0 amide bonds. The lowest BCUT2D eigenvalue weighted by Gasteiger charge is -2.23. The van der Waals surface area contributed by atoms with Crippen LogP contribution in [0.2, 0.25) is 0 Å². The molecular formula is C13H19NOS. The Morgan fingerprint density at radius 2 is 2.12 bits per heavy atom. The second-order valence-electron chi connectivity index (χ2n) is 4.39. The molecule has 88 valence electrons. The molecule has 1 aliphatic rings. The van der Waals surface area contributed by atoms with Crippen LogP contribution in [0.3, 0.4) is 0 Å². The van der Waals surface area contributed by atoms with Crippen molar-refractivity contribution in [1.82, 2.24) is 5.32 Å². The fraction of sp³-hybridized carbons (Fsp3) is 0.538. The molecule has 0 spiro atoms. The molecule has 1 aromatic rings. The van der Waals surface area contributed by atoms with Gasteiger partial charge in [-0.3, -0.25) is 0 Å². The Balaban J connectivity index is 2.06. The van der Waals surface area contributed by atoms with E-state index < -0.39 is 0 Å². The van der Waals surface area contributed by atoms with E-state index in [2.05, 4.69) is 17.6 Å². The Hall–Kier alpha value is -0.670. The van der Waals surface area contributed by atoms with E-state index >= 15 is 0 Å². The molecule has 2 rings (SSSR count). The molecule has 16 heavy (non-hydrogen) atoms. The zero-order chi connectivity index (χ0) is 11.4. The molecule has 0 aliphatic carbocycles. The van der Waals surface area contributed by atoms with Crippen LogP contribution in [0.25, 0.3) is 0 Å². The molecule has 0 saturated carbocycles. The van der Waals surface area contributed by atoms with Crippen LogP contribution in [0.4, 0.5) is 0 Å². The van der Waals surface area contributed by atoms with Gasteiger partial charge in [0.2, 0.25) is 0 Å². The van der Waals surface area contributed by atoms with Crippen molar-refractivity contribution in [3.63, 3.8) is 0 Å². The highest BCUT2D eigenvalue weighted by atomic mass is 32.2. The van der Waals surface area contributed by atoms with E-state index in [0.717, 1.165) is 31.0 Å². The fourth-order valence-corrected chi connectivity index (χ4v) is 2.71. The minimum absolute atomic E-state index is 0.455. The highest BCUT2D eigenvalue weighted by Gasteiger charge is 2.15. The van der Waals surface area contributed by atoms with Crippen LogP contribution in [0, 0.1) is 5.92 Å². The van der Waals surface area contributed by atoms with E-state index in [1.54, 1.807) is 11.8 Å². The van der Waals surface area contributed by atoms with Gasteiger partial charge in [-0.2, -0.15) is 0 Å². The number of hydrogen-bond donors (Lipinski definition) is 2. The van der Waals surface area contributed by atoms with Crippen molar-refractivity contribution in [2.24, 2.45) is 5.92 Å². The maximum absolute atomic E-state index is 9.84. The maximum atomic E-state index is 9.84. The molecule has 1 heterocycles. The monoisotopic (exact) mass is 237 g/mol. The van der Waals surface area contributed by atoms with Crippen LogP contribution < -0.4 is 5.32 Å². The van der Waals surface area contributed by atoms with Crippen LogP contribution in [0.5, 0.6) is 5.75 Å². The molecule has 1 aliphatic heterocycles. The van der Waals surface area contributed by atoms with Gasteiger partial charge in [0.1, 0.15) is 5.75 Å². The zero-order valence-electron chi connectivity index (χ0n) is 9.70. The predicted octanol–water partition coefficient (Wildman–Crippen LogP) is 2.66. The number of piperidine rings is 1. The topological polar surface area (TPSA) is 32.3 Å². The van der Waals surface area contributed by atoms with Gasteiger partial charge in [0, 0.05) is 4.90 Å². The SMILES string of the molecule is CSc1ccc(O)c(CC2CCNCC2)c1. The molecule has 0 unspecified atom stereocenters. The Morgan fingerprint density at radius 3 is 2.81 bits per heavy atom. The van der Waals surface area contributed by atoms with Crippen LogP contribution in [0.1, 0.15) is 18.4 Å². The Labute approximate surface area is 101 Å². The first-order chi connectivity index (χ1) is 7.79. The summed E-state index contributed by atoms with van der Waals surface area (Å²) in [4.78, 5) is 1.24. The number of phenolic OH excluding ortho intramolecular Hbond substituents is 1. The molecule has 3 heteroatoms. The summed E-state index contributed by atoms with van der Waals surface area (Å²) in [6.45, 7) is 2.24. The molecule has 0 radical (unpaired) electrons. The van der Waals surface area contributed by atoms with Crippen molar-refractivity contribution in [3.05, 3.63) is 23.8 Å². The normalized spacial score (nSPS) is 17.6. The van der Waals surface area contributed by atoms with E-state index in [0.29, 0.717) is 5.75 Å². The first-order valence-electron chi connectivity index (χ1n) is 5.86. The molecule has 0 atom stereocenters. The van der Waals surface area contributed by atoms with Gasteiger partial charge in [-0.15, -0.1) is 11.8 Å². The predicted molar refractivity (Wildman–Crippen MR) is 69.2 cm³/mol. The van der Waals surface area contributed by atoms with Crippen LogP contribution in [0.15, 0.2) is 23.1 Å². The van der Waals surface area contributed by atoms with Gasteiger partial charge in [0.25, 0.3) is 0 Å². The highest BCUT2D eigenvalue weighted by Crippen LogP contribution is 2.28. The first-order valence-corrected chi connectivity index (χ1v) is 7.08. The number of aromatic hydroxyl groups is 1. The molecule has 1 aromatic carbocycles. The van der Waals surface area contributed by atoms with E-state index in [-0.39, 0.29) is 0 Å². The van der Waals surface area contributed by atoms with Gasteiger partial charge in [0.15, 0.2) is 0 Å². The van der Waals surface area contributed by atoms with Crippen LogP contribution in [-0.4, -0.2) is 24.5 Å². The number of nitrogens with one attached hydrogen (secondary N) is 1. The maximum Gasteiger partial charge on any atom is 0.118 e. The second-order valence-corrected chi connectivity index (χ2v) is 5.27. The van der Waals surface area contributed by atoms with Crippen LogP contribution in [-0.2, 0) is 6.42 Å². The number of phenols is 1. The van der Waals surface area contributed by atoms with Crippen molar-refractivity contribution in [3.8, 4) is 5.75 Å². The lowest BCUT2D eigenvalue weighted by atomic mass is 9.91. The summed E-state index contributed by atoms with van der Waals surface area (Å²) in [5.74, 6) is 1.18. The standard InChI is InChI=1S/C13H19NOS/c1-16-12-2-3-13(15)11(9-12)8-10-4-6-14-7-5-10/h2-3,9-10,14-15H,4-8H2,1H3. The highest BCUT2D eigenvalue weighted by molar-refractivity contribution is 7.98. The molecular weight excluding hydrogens is 218 g/mol. The summed E-state index contributed by atoms with van der Waals surface area (Å²) in [7, 11) is 0. The fourth-order valence-electron chi connectivity index (χ4n) is 2.25. The lowest BCUT2D eigenvalue weighted by Crippen LogP contribution is -2.28. The first kappa shape index (κ1) is 11.8. The quantitative estimate of drug-likeness (QED) is 0.793. The third kappa shape index (κ3) is 2.92. The molecule has 2 nitrogen and oxygen atoms in total. The summed E-state index contributed by atoms with van der Waals surface area (Å²) < 4.78 is 0. The summed E-state index contributed by atoms with van der Waals surface area (Å²) >= 11 is 1.73. The number of rotatable bonds is 3. The van der Waals surface area contributed by atoms with E-state index in [4.69, 9.17) is 0 Å². The molecule has 2 N–H and O–H groups in total. The smallest absolute Gasteiger partial charge is 0.118 e. The third-order valence-electron chi connectivity index (χ3n) is 3.25. The van der Waals surface area contributed by atoms with Crippen molar-refractivity contribution < 1.29 is 5.11 Å². The number of thioether (sulfide) groups is 1. The lowest BCUT2D eigenvalue weighted by molar-refractivity contribution is 0.366.